The Labute approximate surface area is 45.4 Å². The summed E-state index contributed by atoms with van der Waals surface area (Å²) in [5.41, 5.74) is 0. The van der Waals surface area contributed by atoms with Gasteiger partial charge in [0.2, 0.25) is 0 Å². The average molecular weight is 98.2 g/mol. The lowest BCUT2D eigenvalue weighted by molar-refractivity contribution is 0.705. The van der Waals surface area contributed by atoms with Gasteiger partial charge < -0.3 is 5.32 Å². The largest absolute Gasteiger partial charge is 0.311 e. The van der Waals surface area contributed by atoms with Crippen LogP contribution < -0.4 is 5.32 Å². The van der Waals surface area contributed by atoms with Gasteiger partial charge in [-0.2, -0.15) is 0 Å². The van der Waals surface area contributed by atoms with Crippen LogP contribution in [0, 0.1) is 6.92 Å². The van der Waals surface area contributed by atoms with Crippen molar-refractivity contribution in [2.75, 3.05) is 6.54 Å². The van der Waals surface area contributed by atoms with E-state index < -0.39 is 0 Å². The molecule has 0 aromatic carbocycles. The molecule has 0 aliphatic heterocycles. The van der Waals surface area contributed by atoms with Gasteiger partial charge >= 0.3 is 0 Å². The Kier molecular flexibility index (Phi) is 3.71. The van der Waals surface area contributed by atoms with Crippen LogP contribution in [0.4, 0.5) is 0 Å². The predicted octanol–water partition coefficient (Wildman–Crippen LogP) is 0.985. The molecule has 1 atom stereocenters. The molecule has 0 aliphatic carbocycles. The maximum absolute atomic E-state index is 3.72. The van der Waals surface area contributed by atoms with Crippen LogP contribution in [0.2, 0.25) is 0 Å². The van der Waals surface area contributed by atoms with Crippen molar-refractivity contribution in [3.05, 3.63) is 19.6 Å². The molecule has 0 saturated carbocycles. The third kappa shape index (κ3) is 3.53. The third-order valence-corrected chi connectivity index (χ3v) is 0.751. The number of hydrogen-bond acceptors (Lipinski definition) is 1. The molecule has 0 spiro atoms. The Hall–Kier alpha value is -0.300. The highest BCUT2D eigenvalue weighted by Crippen LogP contribution is 1.76. The zero-order valence-corrected chi connectivity index (χ0v) is 4.78. The van der Waals surface area contributed by atoms with Gasteiger partial charge in [0.15, 0.2) is 0 Å². The van der Waals surface area contributed by atoms with Crippen LogP contribution >= 0.6 is 0 Å². The standard InChI is InChI=1S/C6H12N/c1-4-6(3)7-5-2/h4,6-7H,1,3,5H2,2H3. The maximum atomic E-state index is 3.72. The Bertz CT molecular complexity index is 50.1. The maximum Gasteiger partial charge on any atom is 0.0247 e. The van der Waals surface area contributed by atoms with Crippen LogP contribution in [-0.2, 0) is 0 Å². The number of rotatable bonds is 3. The number of nitrogens with one attached hydrogen (secondary N) is 1. The lowest BCUT2D eigenvalue weighted by Crippen LogP contribution is -2.22. The number of likely N-dealkylation sites (N-methyl/N-ethyl adjacent to an activating group) is 1. The van der Waals surface area contributed by atoms with Crippen LogP contribution in [0.25, 0.3) is 0 Å². The predicted molar refractivity (Wildman–Crippen MR) is 33.0 cm³/mol. The summed E-state index contributed by atoms with van der Waals surface area (Å²) in [6.45, 7) is 10.3. The fourth-order valence-electron chi connectivity index (χ4n) is 0.346. The molecule has 0 amide bonds. The molecule has 1 N–H and O–H groups in total. The minimum atomic E-state index is 0.213. The Balaban J connectivity index is 2.98. The van der Waals surface area contributed by atoms with E-state index in [-0.39, 0.29) is 6.04 Å². The summed E-state index contributed by atoms with van der Waals surface area (Å²) in [4.78, 5) is 0. The molecule has 0 aromatic rings. The zero-order valence-electron chi connectivity index (χ0n) is 4.78. The SMILES string of the molecule is [CH2]C(C=C)NCC. The normalized spacial score (nSPS) is 13.4. The monoisotopic (exact) mass is 98.1 g/mol. The van der Waals surface area contributed by atoms with E-state index >= 15 is 0 Å². The summed E-state index contributed by atoms with van der Waals surface area (Å²) in [5, 5.41) is 3.07. The van der Waals surface area contributed by atoms with Crippen LogP contribution in [-0.4, -0.2) is 12.6 Å². The van der Waals surface area contributed by atoms with Crippen molar-refractivity contribution >= 4 is 0 Å². The molecule has 0 rings (SSSR count). The summed E-state index contributed by atoms with van der Waals surface area (Å²) < 4.78 is 0. The van der Waals surface area contributed by atoms with Crippen LogP contribution in [0.5, 0.6) is 0 Å². The fraction of sp³-hybridized carbons (Fsp3) is 0.500. The fourth-order valence-corrected chi connectivity index (χ4v) is 0.346. The molecule has 7 heavy (non-hydrogen) atoms. The summed E-state index contributed by atoms with van der Waals surface area (Å²) in [6, 6.07) is 0.213. The lowest BCUT2D eigenvalue weighted by atomic mass is 10.3. The molecule has 0 aromatic heterocycles. The van der Waals surface area contributed by atoms with E-state index in [9.17, 15) is 0 Å². The molecule has 0 saturated heterocycles. The minimum absolute atomic E-state index is 0.213. The second kappa shape index (κ2) is 3.88. The molecule has 0 aliphatic rings. The first kappa shape index (κ1) is 6.70. The Morgan fingerprint density at radius 3 is 2.57 bits per heavy atom. The lowest BCUT2D eigenvalue weighted by Gasteiger charge is -2.02. The van der Waals surface area contributed by atoms with E-state index in [4.69, 9.17) is 0 Å². The molecule has 1 heteroatoms. The van der Waals surface area contributed by atoms with Gasteiger partial charge in [-0.25, -0.2) is 0 Å². The molecular weight excluding hydrogens is 86.1 g/mol. The first-order chi connectivity index (χ1) is 3.31. The van der Waals surface area contributed by atoms with Crippen molar-refractivity contribution in [2.24, 2.45) is 0 Å². The summed E-state index contributed by atoms with van der Waals surface area (Å²) in [5.74, 6) is 0. The smallest absolute Gasteiger partial charge is 0.0247 e. The van der Waals surface area contributed by atoms with Gasteiger partial charge in [0.1, 0.15) is 0 Å². The highest BCUT2D eigenvalue weighted by atomic mass is 14.9. The van der Waals surface area contributed by atoms with E-state index in [0.29, 0.717) is 0 Å². The van der Waals surface area contributed by atoms with Gasteiger partial charge in [0.05, 0.1) is 0 Å². The summed E-state index contributed by atoms with van der Waals surface area (Å²) >= 11 is 0. The second-order valence-electron chi connectivity index (χ2n) is 1.40. The molecule has 1 unspecified atom stereocenters. The topological polar surface area (TPSA) is 12.0 Å². The molecule has 0 heterocycles. The minimum Gasteiger partial charge on any atom is -0.311 e. The van der Waals surface area contributed by atoms with Crippen molar-refractivity contribution < 1.29 is 0 Å². The molecule has 1 nitrogen and oxygen atoms in total. The quantitative estimate of drug-likeness (QED) is 0.519. The van der Waals surface area contributed by atoms with Crippen molar-refractivity contribution in [1.29, 1.82) is 0 Å². The molecular formula is C6H12N. The van der Waals surface area contributed by atoms with Crippen LogP contribution in [0.15, 0.2) is 12.7 Å². The van der Waals surface area contributed by atoms with Crippen molar-refractivity contribution in [1.82, 2.24) is 5.32 Å². The van der Waals surface area contributed by atoms with Gasteiger partial charge in [-0.15, -0.1) is 6.58 Å². The van der Waals surface area contributed by atoms with Crippen LogP contribution in [0.3, 0.4) is 0 Å². The first-order valence-electron chi connectivity index (χ1n) is 2.50. The number of hydrogen-bond donors (Lipinski definition) is 1. The molecule has 41 valence electrons. The molecule has 0 bridgehead atoms. The van der Waals surface area contributed by atoms with Gasteiger partial charge in [-0.05, 0) is 13.5 Å². The van der Waals surface area contributed by atoms with E-state index in [1.54, 1.807) is 6.08 Å². The van der Waals surface area contributed by atoms with E-state index in [1.165, 1.54) is 0 Å². The Morgan fingerprint density at radius 1 is 1.86 bits per heavy atom. The van der Waals surface area contributed by atoms with E-state index in [2.05, 4.69) is 18.8 Å². The van der Waals surface area contributed by atoms with Gasteiger partial charge in [0, 0.05) is 6.04 Å². The third-order valence-electron chi connectivity index (χ3n) is 0.751. The first-order valence-corrected chi connectivity index (χ1v) is 2.50. The molecule has 0 fully saturated rings. The van der Waals surface area contributed by atoms with Crippen molar-refractivity contribution in [3.63, 3.8) is 0 Å². The molecule has 1 radical (unpaired) electrons. The van der Waals surface area contributed by atoms with E-state index in [0.717, 1.165) is 6.54 Å². The van der Waals surface area contributed by atoms with Gasteiger partial charge in [-0.3, -0.25) is 0 Å². The zero-order chi connectivity index (χ0) is 5.70. The Morgan fingerprint density at radius 2 is 2.43 bits per heavy atom. The average Bonchev–Trinajstić information content (AvgIpc) is 1.68. The van der Waals surface area contributed by atoms with Crippen LogP contribution in [0.1, 0.15) is 6.92 Å². The van der Waals surface area contributed by atoms with Gasteiger partial charge in [0.25, 0.3) is 0 Å². The van der Waals surface area contributed by atoms with Crippen molar-refractivity contribution in [3.8, 4) is 0 Å². The van der Waals surface area contributed by atoms with Gasteiger partial charge in [-0.1, -0.05) is 13.0 Å². The van der Waals surface area contributed by atoms with E-state index in [1.807, 2.05) is 6.92 Å². The summed E-state index contributed by atoms with van der Waals surface area (Å²) in [6.07, 6.45) is 1.78. The highest BCUT2D eigenvalue weighted by molar-refractivity contribution is 4.86. The highest BCUT2D eigenvalue weighted by Gasteiger charge is 1.86. The summed E-state index contributed by atoms with van der Waals surface area (Å²) in [7, 11) is 0. The second-order valence-corrected chi connectivity index (χ2v) is 1.40. The van der Waals surface area contributed by atoms with Crippen molar-refractivity contribution in [2.45, 2.75) is 13.0 Å².